The van der Waals surface area contributed by atoms with Crippen molar-refractivity contribution in [1.29, 1.82) is 0 Å². The van der Waals surface area contributed by atoms with E-state index in [1.54, 1.807) is 30.5 Å². The molecule has 33 heavy (non-hydrogen) atoms. The van der Waals surface area contributed by atoms with Crippen molar-refractivity contribution < 1.29 is 31.5 Å². The normalized spacial score (nSPS) is 11.4. The molecule has 172 valence electrons. The lowest BCUT2D eigenvalue weighted by atomic mass is 10.1. The number of nitrogens with one attached hydrogen (secondary N) is 1. The number of ether oxygens (including phenoxy) is 3. The van der Waals surface area contributed by atoms with Gasteiger partial charge in [0.2, 0.25) is 6.86 Å². The van der Waals surface area contributed by atoms with E-state index in [2.05, 4.69) is 14.9 Å². The van der Waals surface area contributed by atoms with Gasteiger partial charge in [-0.05, 0) is 42.0 Å². The number of hydrogen-bond donors (Lipinski definition) is 1. The van der Waals surface area contributed by atoms with Gasteiger partial charge in [0.1, 0.15) is 22.6 Å². The van der Waals surface area contributed by atoms with E-state index in [0.717, 1.165) is 11.3 Å². The first-order chi connectivity index (χ1) is 16.0. The van der Waals surface area contributed by atoms with Crippen molar-refractivity contribution >= 4 is 26.8 Å². The zero-order valence-electron chi connectivity index (χ0n) is 17.7. The number of benzene rings is 2. The van der Waals surface area contributed by atoms with Gasteiger partial charge in [-0.15, -0.1) is 0 Å². The smallest absolute Gasteiger partial charge is 0.270 e. The van der Waals surface area contributed by atoms with Crippen LogP contribution in [0, 0.1) is 0 Å². The van der Waals surface area contributed by atoms with E-state index < -0.39 is 16.9 Å². The van der Waals surface area contributed by atoms with Gasteiger partial charge in [-0.25, -0.2) is 12.8 Å². The maximum absolute atomic E-state index is 13.2. The lowest BCUT2D eigenvalue weighted by Crippen LogP contribution is -2.15. The number of methoxy groups -OCH3 is 2. The maximum atomic E-state index is 13.2. The first-order valence-corrected chi connectivity index (χ1v) is 11.2. The number of aromatic nitrogens is 2. The molecule has 2 aromatic carbocycles. The second kappa shape index (κ2) is 9.33. The van der Waals surface area contributed by atoms with Crippen molar-refractivity contribution in [3.8, 4) is 17.2 Å². The Bertz CT molecular complexity index is 1350. The number of anilines is 1. The Balaban J connectivity index is 1.76. The number of rotatable bonds is 9. The molecule has 0 unspecified atom stereocenters. The van der Waals surface area contributed by atoms with Gasteiger partial charge in [0.15, 0.2) is 16.3 Å². The van der Waals surface area contributed by atoms with Crippen molar-refractivity contribution in [2.45, 2.75) is 11.3 Å². The summed E-state index contributed by atoms with van der Waals surface area (Å²) in [7, 11) is -1.55. The van der Waals surface area contributed by atoms with Crippen LogP contribution in [0.3, 0.4) is 0 Å². The number of halogens is 1. The first-order valence-electron chi connectivity index (χ1n) is 9.71. The molecule has 0 aliphatic rings. The van der Waals surface area contributed by atoms with Crippen LogP contribution in [0.5, 0.6) is 17.2 Å². The third kappa shape index (κ3) is 4.53. The zero-order valence-corrected chi connectivity index (χ0v) is 18.6. The van der Waals surface area contributed by atoms with E-state index in [4.69, 9.17) is 18.7 Å². The molecular weight excluding hydrogens is 453 g/mol. The summed E-state index contributed by atoms with van der Waals surface area (Å²) in [4.78, 5) is 4.06. The second-order valence-electron chi connectivity index (χ2n) is 6.85. The van der Waals surface area contributed by atoms with Crippen LogP contribution in [0.2, 0.25) is 0 Å². The fraction of sp³-hybridized carbons (Fsp3) is 0.182. The van der Waals surface area contributed by atoms with Crippen molar-refractivity contribution in [2.24, 2.45) is 0 Å². The van der Waals surface area contributed by atoms with Gasteiger partial charge in [0.25, 0.3) is 10.0 Å². The molecule has 0 spiro atoms. The highest BCUT2D eigenvalue weighted by molar-refractivity contribution is 7.93. The predicted octanol–water partition coefficient (Wildman–Crippen LogP) is 3.94. The SMILES string of the molecule is COc1cccc(OC)c1S(=O)(=O)Nc1noc2cc(Cc3ccccn3)cc(OCF)c12. The molecule has 0 radical (unpaired) electrons. The molecule has 0 amide bonds. The van der Waals surface area contributed by atoms with Gasteiger partial charge >= 0.3 is 0 Å². The molecule has 2 aromatic heterocycles. The fourth-order valence-electron chi connectivity index (χ4n) is 3.41. The summed E-state index contributed by atoms with van der Waals surface area (Å²) in [5, 5.41) is 4.02. The van der Waals surface area contributed by atoms with Gasteiger partial charge in [-0.1, -0.05) is 17.3 Å². The number of nitrogens with zero attached hydrogens (tertiary/aromatic N) is 2. The molecule has 0 aliphatic carbocycles. The van der Waals surface area contributed by atoms with Crippen LogP contribution in [0.4, 0.5) is 10.2 Å². The van der Waals surface area contributed by atoms with E-state index in [1.165, 1.54) is 26.4 Å². The molecule has 1 N–H and O–H groups in total. The Hall–Kier alpha value is -3.86. The second-order valence-corrected chi connectivity index (χ2v) is 8.47. The minimum Gasteiger partial charge on any atom is -0.495 e. The Morgan fingerprint density at radius 1 is 1.03 bits per heavy atom. The van der Waals surface area contributed by atoms with E-state index in [1.807, 2.05) is 12.1 Å². The number of fused-ring (bicyclic) bond motifs is 1. The Labute approximate surface area is 189 Å². The van der Waals surface area contributed by atoms with Crippen LogP contribution in [0.1, 0.15) is 11.3 Å². The highest BCUT2D eigenvalue weighted by Gasteiger charge is 2.28. The van der Waals surface area contributed by atoms with Gasteiger partial charge in [-0.2, -0.15) is 0 Å². The largest absolute Gasteiger partial charge is 0.495 e. The average Bonchev–Trinajstić information content (AvgIpc) is 3.21. The monoisotopic (exact) mass is 473 g/mol. The molecule has 0 saturated carbocycles. The predicted molar refractivity (Wildman–Crippen MR) is 118 cm³/mol. The number of pyridine rings is 1. The van der Waals surface area contributed by atoms with E-state index in [0.29, 0.717) is 6.42 Å². The Morgan fingerprint density at radius 3 is 2.42 bits per heavy atom. The third-order valence-corrected chi connectivity index (χ3v) is 6.20. The summed E-state index contributed by atoms with van der Waals surface area (Å²) in [6, 6.07) is 13.3. The van der Waals surface area contributed by atoms with Gasteiger partial charge in [0.05, 0.1) is 14.2 Å². The van der Waals surface area contributed by atoms with Gasteiger partial charge < -0.3 is 18.7 Å². The topological polar surface area (TPSA) is 113 Å². The summed E-state index contributed by atoms with van der Waals surface area (Å²) in [6.07, 6.45) is 2.10. The van der Waals surface area contributed by atoms with Gasteiger partial charge in [-0.3, -0.25) is 9.71 Å². The van der Waals surface area contributed by atoms with Gasteiger partial charge in [0, 0.05) is 18.3 Å². The Kier molecular flexibility index (Phi) is 6.31. The Morgan fingerprint density at radius 2 is 1.79 bits per heavy atom. The van der Waals surface area contributed by atoms with E-state index >= 15 is 0 Å². The fourth-order valence-corrected chi connectivity index (χ4v) is 4.73. The quantitative estimate of drug-likeness (QED) is 0.389. The minimum absolute atomic E-state index is 0.0758. The first kappa shape index (κ1) is 22.3. The van der Waals surface area contributed by atoms with E-state index in [9.17, 15) is 12.8 Å². The lowest BCUT2D eigenvalue weighted by molar-refractivity contribution is 0.194. The molecule has 0 bridgehead atoms. The summed E-state index contributed by atoms with van der Waals surface area (Å²) in [6.45, 7) is -1.13. The average molecular weight is 473 g/mol. The minimum atomic E-state index is -4.23. The van der Waals surface area contributed by atoms with Crippen molar-refractivity contribution in [1.82, 2.24) is 10.1 Å². The third-order valence-electron chi connectivity index (χ3n) is 4.80. The summed E-state index contributed by atoms with van der Waals surface area (Å²) >= 11 is 0. The van der Waals surface area contributed by atoms with Crippen molar-refractivity contribution in [3.05, 3.63) is 66.0 Å². The van der Waals surface area contributed by atoms with Crippen LogP contribution in [-0.2, 0) is 16.4 Å². The summed E-state index contributed by atoms with van der Waals surface area (Å²) in [5.74, 6) is 0.0673. The molecule has 0 saturated heterocycles. The van der Waals surface area contributed by atoms with Crippen LogP contribution < -0.4 is 18.9 Å². The van der Waals surface area contributed by atoms with Crippen LogP contribution >= 0.6 is 0 Å². The summed E-state index contributed by atoms with van der Waals surface area (Å²) in [5.41, 5.74) is 1.73. The summed E-state index contributed by atoms with van der Waals surface area (Å²) < 4.78 is 62.8. The molecule has 0 aliphatic heterocycles. The molecular formula is C22H20FN3O6S. The lowest BCUT2D eigenvalue weighted by Gasteiger charge is -2.14. The molecule has 0 fully saturated rings. The standard InChI is InChI=1S/C22H20FN3O6S/c1-29-16-7-5-8-17(30-2)21(16)33(27,28)26-22-20-18(31-13-23)11-14(12-19(20)32-25-22)10-15-6-3-4-9-24-15/h3-9,11-12H,10,13H2,1-2H3,(H,25,26). The molecule has 2 heterocycles. The van der Waals surface area contributed by atoms with Crippen LogP contribution in [0.25, 0.3) is 11.0 Å². The molecule has 4 aromatic rings. The van der Waals surface area contributed by atoms with Crippen LogP contribution in [0.15, 0.2) is 64.1 Å². The molecule has 9 nitrogen and oxygen atoms in total. The number of hydrogen-bond acceptors (Lipinski definition) is 8. The molecule has 11 heteroatoms. The van der Waals surface area contributed by atoms with Crippen molar-refractivity contribution in [2.75, 3.05) is 25.8 Å². The molecule has 4 rings (SSSR count). The highest BCUT2D eigenvalue weighted by Crippen LogP contribution is 2.38. The van der Waals surface area contributed by atoms with Crippen molar-refractivity contribution in [3.63, 3.8) is 0 Å². The number of alkyl halides is 1. The van der Waals surface area contributed by atoms with E-state index in [-0.39, 0.29) is 38.9 Å². The highest BCUT2D eigenvalue weighted by atomic mass is 32.2. The number of sulfonamides is 1. The zero-order chi connectivity index (χ0) is 23.4. The molecule has 0 atom stereocenters. The van der Waals surface area contributed by atoms with Crippen LogP contribution in [-0.4, -0.2) is 39.6 Å². The maximum Gasteiger partial charge on any atom is 0.270 e.